The number of benzene rings is 1. The van der Waals surface area contributed by atoms with Gasteiger partial charge in [0, 0.05) is 19.0 Å². The summed E-state index contributed by atoms with van der Waals surface area (Å²) in [5, 5.41) is 2.43. The third-order valence-electron chi connectivity index (χ3n) is 4.94. The van der Waals surface area contributed by atoms with Gasteiger partial charge in [-0.25, -0.2) is 0 Å². The summed E-state index contributed by atoms with van der Waals surface area (Å²) in [5.41, 5.74) is 0.640. The van der Waals surface area contributed by atoms with Gasteiger partial charge >= 0.3 is 0 Å². The number of carbonyl (C=O) groups excluding carboxylic acids is 3. The molecule has 3 amide bonds. The van der Waals surface area contributed by atoms with E-state index in [2.05, 4.69) is 5.32 Å². The lowest BCUT2D eigenvalue weighted by Crippen LogP contribution is -2.37. The average molecular weight is 420 g/mol. The molecule has 2 fully saturated rings. The third-order valence-corrected chi connectivity index (χ3v) is 5.85. The molecule has 1 aliphatic carbocycles. The van der Waals surface area contributed by atoms with Gasteiger partial charge in [0.1, 0.15) is 0 Å². The predicted molar refractivity (Wildman–Crippen MR) is 109 cm³/mol. The van der Waals surface area contributed by atoms with Crippen LogP contribution in [0.3, 0.4) is 0 Å². The van der Waals surface area contributed by atoms with Crippen molar-refractivity contribution in [3.05, 3.63) is 22.6 Å². The number of thioether (sulfide) groups is 1. The van der Waals surface area contributed by atoms with Gasteiger partial charge < -0.3 is 19.5 Å². The number of nitrogens with zero attached hydrogens (tertiary/aromatic N) is 1. The molecular weight excluding hydrogens is 396 g/mol. The number of hydrogen-bond donors (Lipinski definition) is 1. The molecule has 1 saturated heterocycles. The predicted octanol–water partition coefficient (Wildman–Crippen LogP) is 2.52. The number of rotatable bonds is 8. The minimum Gasteiger partial charge on any atom is -0.493 e. The van der Waals surface area contributed by atoms with Gasteiger partial charge in [-0.15, -0.1) is 0 Å². The molecule has 0 bridgehead atoms. The zero-order valence-electron chi connectivity index (χ0n) is 16.8. The van der Waals surface area contributed by atoms with Crippen LogP contribution in [0.5, 0.6) is 17.2 Å². The molecule has 1 aromatic carbocycles. The quantitative estimate of drug-likeness (QED) is 0.646. The van der Waals surface area contributed by atoms with Crippen molar-refractivity contribution in [3.8, 4) is 17.2 Å². The van der Waals surface area contributed by atoms with Crippen molar-refractivity contribution in [2.24, 2.45) is 11.8 Å². The van der Waals surface area contributed by atoms with Crippen molar-refractivity contribution < 1.29 is 28.6 Å². The van der Waals surface area contributed by atoms with Gasteiger partial charge in [-0.05, 0) is 47.9 Å². The van der Waals surface area contributed by atoms with E-state index in [1.807, 2.05) is 6.92 Å². The Bertz CT molecular complexity index is 844. The van der Waals surface area contributed by atoms with Crippen molar-refractivity contribution >= 4 is 34.9 Å². The second-order valence-corrected chi connectivity index (χ2v) is 7.90. The summed E-state index contributed by atoms with van der Waals surface area (Å²) in [6.45, 7) is 2.41. The van der Waals surface area contributed by atoms with Gasteiger partial charge in [-0.1, -0.05) is 6.92 Å². The summed E-state index contributed by atoms with van der Waals surface area (Å²) in [5.74, 6) is 1.42. The van der Waals surface area contributed by atoms with Crippen LogP contribution in [0.4, 0.5) is 4.79 Å². The Morgan fingerprint density at radius 2 is 1.83 bits per heavy atom. The second-order valence-electron chi connectivity index (χ2n) is 6.90. The van der Waals surface area contributed by atoms with E-state index in [4.69, 9.17) is 14.2 Å². The minimum absolute atomic E-state index is 0.0163. The normalized spacial score (nSPS) is 22.1. The summed E-state index contributed by atoms with van der Waals surface area (Å²) in [6, 6.07) is 3.40. The Kier molecular flexibility index (Phi) is 6.36. The van der Waals surface area contributed by atoms with E-state index >= 15 is 0 Å². The molecule has 8 nitrogen and oxygen atoms in total. The lowest BCUT2D eigenvalue weighted by molar-refractivity contribution is -0.125. The number of ether oxygens (including phenoxy) is 3. The number of methoxy groups -OCH3 is 3. The highest BCUT2D eigenvalue weighted by atomic mass is 32.2. The maximum Gasteiger partial charge on any atom is 0.293 e. The van der Waals surface area contributed by atoms with Crippen LogP contribution in [0.1, 0.15) is 18.9 Å². The SMILES string of the molecule is COc1cc(/C=C2\SC(=O)N(CCNC(=O)[C@@H]3C[C@@H]3C)C2=O)cc(OC)c1OC. The van der Waals surface area contributed by atoms with Crippen LogP contribution in [0, 0.1) is 11.8 Å². The Morgan fingerprint density at radius 3 is 2.34 bits per heavy atom. The van der Waals surface area contributed by atoms with Crippen molar-refractivity contribution in [1.29, 1.82) is 0 Å². The topological polar surface area (TPSA) is 94.2 Å². The van der Waals surface area contributed by atoms with Crippen LogP contribution in [-0.2, 0) is 9.59 Å². The van der Waals surface area contributed by atoms with Gasteiger partial charge in [0.2, 0.25) is 11.7 Å². The summed E-state index contributed by atoms with van der Waals surface area (Å²) in [4.78, 5) is 38.2. The number of imide groups is 1. The first-order valence-corrected chi connectivity index (χ1v) is 10.0. The molecule has 1 aliphatic heterocycles. The Labute approximate surface area is 173 Å². The first-order chi connectivity index (χ1) is 13.9. The average Bonchev–Trinajstić information content (AvgIpc) is 3.39. The molecule has 0 unspecified atom stereocenters. The van der Waals surface area contributed by atoms with Crippen LogP contribution in [0.15, 0.2) is 17.0 Å². The summed E-state index contributed by atoms with van der Waals surface area (Å²) < 4.78 is 15.9. The minimum atomic E-state index is -0.386. The Hall–Kier alpha value is -2.68. The summed E-state index contributed by atoms with van der Waals surface area (Å²) in [7, 11) is 4.52. The Balaban J connectivity index is 1.70. The van der Waals surface area contributed by atoms with Gasteiger partial charge in [-0.3, -0.25) is 19.3 Å². The molecule has 0 spiro atoms. The smallest absolute Gasteiger partial charge is 0.293 e. The molecule has 0 aromatic heterocycles. The Morgan fingerprint density at radius 1 is 1.21 bits per heavy atom. The van der Waals surface area contributed by atoms with Gasteiger partial charge in [0.05, 0.1) is 26.2 Å². The lowest BCUT2D eigenvalue weighted by Gasteiger charge is -2.13. The van der Waals surface area contributed by atoms with E-state index in [-0.39, 0.29) is 36.1 Å². The molecule has 2 atom stereocenters. The van der Waals surface area contributed by atoms with Gasteiger partial charge in [0.15, 0.2) is 11.5 Å². The molecule has 0 radical (unpaired) electrons. The van der Waals surface area contributed by atoms with Crippen molar-refractivity contribution in [3.63, 3.8) is 0 Å². The molecule has 156 valence electrons. The summed E-state index contributed by atoms with van der Waals surface area (Å²) in [6.07, 6.45) is 2.50. The number of carbonyl (C=O) groups is 3. The number of nitrogens with one attached hydrogen (secondary N) is 1. The maximum atomic E-state index is 12.6. The highest BCUT2D eigenvalue weighted by Gasteiger charge is 2.39. The zero-order chi connectivity index (χ0) is 21.1. The van der Waals surface area contributed by atoms with E-state index in [0.717, 1.165) is 23.1 Å². The summed E-state index contributed by atoms with van der Waals surface area (Å²) >= 11 is 0.864. The molecule has 1 N–H and O–H groups in total. The fourth-order valence-electron chi connectivity index (χ4n) is 3.14. The van der Waals surface area contributed by atoms with Crippen LogP contribution in [-0.4, -0.2) is 56.4 Å². The monoisotopic (exact) mass is 420 g/mol. The van der Waals surface area contributed by atoms with Crippen LogP contribution in [0.25, 0.3) is 6.08 Å². The van der Waals surface area contributed by atoms with Crippen LogP contribution in [0.2, 0.25) is 0 Å². The van der Waals surface area contributed by atoms with Crippen molar-refractivity contribution in [2.45, 2.75) is 13.3 Å². The van der Waals surface area contributed by atoms with Gasteiger partial charge in [0.25, 0.3) is 11.1 Å². The van der Waals surface area contributed by atoms with E-state index in [9.17, 15) is 14.4 Å². The van der Waals surface area contributed by atoms with E-state index in [0.29, 0.717) is 33.6 Å². The van der Waals surface area contributed by atoms with E-state index in [1.54, 1.807) is 18.2 Å². The van der Waals surface area contributed by atoms with E-state index in [1.165, 1.54) is 21.3 Å². The molecule has 3 rings (SSSR count). The maximum absolute atomic E-state index is 12.6. The molecule has 1 aromatic rings. The fourth-order valence-corrected chi connectivity index (χ4v) is 4.00. The standard InChI is InChI=1S/C20H24N2O6S/c1-11-7-13(11)18(23)21-5-6-22-19(24)16(29-20(22)25)10-12-8-14(26-2)17(28-4)15(9-12)27-3/h8-11,13H,5-7H2,1-4H3,(H,21,23)/b16-10-/t11-,13+/m0/s1. The third kappa shape index (κ3) is 4.50. The number of amides is 3. The van der Waals surface area contributed by atoms with Crippen molar-refractivity contribution in [1.82, 2.24) is 10.2 Å². The highest BCUT2D eigenvalue weighted by Crippen LogP contribution is 2.40. The first-order valence-electron chi connectivity index (χ1n) is 9.22. The van der Waals surface area contributed by atoms with E-state index < -0.39 is 0 Å². The fraction of sp³-hybridized carbons (Fsp3) is 0.450. The second kappa shape index (κ2) is 8.77. The van der Waals surface area contributed by atoms with Crippen molar-refractivity contribution in [2.75, 3.05) is 34.4 Å². The molecular formula is C20H24N2O6S. The largest absolute Gasteiger partial charge is 0.493 e. The lowest BCUT2D eigenvalue weighted by atomic mass is 10.1. The highest BCUT2D eigenvalue weighted by molar-refractivity contribution is 8.18. The first kappa shape index (κ1) is 21.0. The zero-order valence-corrected chi connectivity index (χ0v) is 17.6. The van der Waals surface area contributed by atoms with Crippen LogP contribution < -0.4 is 19.5 Å². The molecule has 9 heteroatoms. The molecule has 29 heavy (non-hydrogen) atoms. The molecule has 1 heterocycles. The molecule has 1 saturated carbocycles. The molecule has 2 aliphatic rings. The van der Waals surface area contributed by atoms with Crippen LogP contribution >= 0.6 is 11.8 Å². The van der Waals surface area contributed by atoms with Gasteiger partial charge in [-0.2, -0.15) is 0 Å². The number of hydrogen-bond acceptors (Lipinski definition) is 7.